The highest BCUT2D eigenvalue weighted by molar-refractivity contribution is 6.25. The zero-order chi connectivity index (χ0) is 24.8. The molecule has 3 heteroatoms. The van der Waals surface area contributed by atoms with Crippen molar-refractivity contribution in [3.8, 4) is 11.1 Å². The van der Waals surface area contributed by atoms with E-state index >= 15 is 0 Å². The maximum atomic E-state index is 5.09. The molecule has 0 fully saturated rings. The van der Waals surface area contributed by atoms with E-state index in [9.17, 15) is 0 Å². The molecule has 0 bridgehead atoms. The van der Waals surface area contributed by atoms with Gasteiger partial charge < -0.3 is 4.90 Å². The SMILES string of the molecule is CN1C=NC(c2ccccc2)=NC1c1ccccc1-c1ccc2c3ccccc3c3ccccc3c2c1. The van der Waals surface area contributed by atoms with Gasteiger partial charge in [0.2, 0.25) is 0 Å². The van der Waals surface area contributed by atoms with Crippen molar-refractivity contribution in [3.05, 3.63) is 132 Å². The summed E-state index contributed by atoms with van der Waals surface area (Å²) in [5, 5.41) is 7.70. The summed E-state index contributed by atoms with van der Waals surface area (Å²) < 4.78 is 0. The third kappa shape index (κ3) is 3.59. The van der Waals surface area contributed by atoms with Crippen molar-refractivity contribution in [1.82, 2.24) is 4.90 Å². The Hall–Kier alpha value is -4.76. The highest BCUT2D eigenvalue weighted by atomic mass is 15.3. The summed E-state index contributed by atoms with van der Waals surface area (Å²) in [7, 11) is 2.04. The van der Waals surface area contributed by atoms with Crippen molar-refractivity contribution in [2.45, 2.75) is 6.17 Å². The second-order valence-electron chi connectivity index (χ2n) is 9.54. The van der Waals surface area contributed by atoms with Crippen molar-refractivity contribution in [1.29, 1.82) is 0 Å². The lowest BCUT2D eigenvalue weighted by atomic mass is 9.90. The third-order valence-electron chi connectivity index (χ3n) is 7.32. The Kier molecular flexibility index (Phi) is 5.07. The van der Waals surface area contributed by atoms with Gasteiger partial charge in [-0.05, 0) is 49.5 Å². The maximum absolute atomic E-state index is 5.09. The quantitative estimate of drug-likeness (QED) is 0.237. The van der Waals surface area contributed by atoms with Gasteiger partial charge in [0.25, 0.3) is 0 Å². The van der Waals surface area contributed by atoms with E-state index in [1.807, 2.05) is 31.6 Å². The van der Waals surface area contributed by atoms with Crippen LogP contribution in [0.1, 0.15) is 17.3 Å². The minimum absolute atomic E-state index is 0.159. The Morgan fingerprint density at radius 3 is 1.81 bits per heavy atom. The van der Waals surface area contributed by atoms with E-state index in [0.29, 0.717) is 0 Å². The van der Waals surface area contributed by atoms with E-state index in [1.165, 1.54) is 43.4 Å². The second-order valence-corrected chi connectivity index (χ2v) is 9.54. The molecule has 1 atom stereocenters. The first-order valence-electron chi connectivity index (χ1n) is 12.6. The normalized spacial score (nSPS) is 15.4. The molecule has 6 aromatic rings. The van der Waals surface area contributed by atoms with Gasteiger partial charge in [0, 0.05) is 18.2 Å². The predicted molar refractivity (Wildman–Crippen MR) is 156 cm³/mol. The van der Waals surface area contributed by atoms with E-state index in [2.05, 4.69) is 113 Å². The van der Waals surface area contributed by atoms with Gasteiger partial charge >= 0.3 is 0 Å². The van der Waals surface area contributed by atoms with Gasteiger partial charge in [-0.3, -0.25) is 0 Å². The van der Waals surface area contributed by atoms with Crippen molar-refractivity contribution in [3.63, 3.8) is 0 Å². The van der Waals surface area contributed by atoms with E-state index in [0.717, 1.165) is 17.0 Å². The van der Waals surface area contributed by atoms with Crippen LogP contribution in [0.25, 0.3) is 43.4 Å². The molecule has 6 aromatic carbocycles. The smallest absolute Gasteiger partial charge is 0.158 e. The van der Waals surface area contributed by atoms with Gasteiger partial charge in [0.05, 0.1) is 6.34 Å². The molecule has 0 saturated carbocycles. The van der Waals surface area contributed by atoms with E-state index in [4.69, 9.17) is 4.99 Å². The summed E-state index contributed by atoms with van der Waals surface area (Å²) in [4.78, 5) is 11.8. The standard InChI is InChI=1S/C34H25N3/c1-37-22-35-33(23-11-3-2-4-12-23)36-34(37)31-18-10-5-13-25(31)24-19-20-30-28-16-7-6-14-26(28)27-15-8-9-17-29(27)32(30)21-24/h2-22,34H,1H3. The lowest BCUT2D eigenvalue weighted by Crippen LogP contribution is -2.27. The first kappa shape index (κ1) is 21.5. The summed E-state index contributed by atoms with van der Waals surface area (Å²) in [5.74, 6) is 0.759. The Labute approximate surface area is 216 Å². The number of fused-ring (bicyclic) bond motifs is 6. The molecule has 1 heterocycles. The summed E-state index contributed by atoms with van der Waals surface area (Å²) in [5.41, 5.74) is 4.56. The number of nitrogens with zero attached hydrogens (tertiary/aromatic N) is 3. The molecule has 0 amide bonds. The van der Waals surface area contributed by atoms with Gasteiger partial charge in [0.1, 0.15) is 0 Å². The monoisotopic (exact) mass is 475 g/mol. The summed E-state index contributed by atoms with van der Waals surface area (Å²) in [6, 6.07) is 43.1. The fourth-order valence-electron chi connectivity index (χ4n) is 5.53. The van der Waals surface area contributed by atoms with Gasteiger partial charge in [0.15, 0.2) is 12.0 Å². The molecular weight excluding hydrogens is 450 g/mol. The topological polar surface area (TPSA) is 28.0 Å². The molecule has 1 aliphatic heterocycles. The van der Waals surface area contributed by atoms with E-state index in [1.54, 1.807) is 0 Å². The van der Waals surface area contributed by atoms with Crippen LogP contribution in [0, 0.1) is 0 Å². The number of aliphatic imine (C=N–C) groups is 2. The average Bonchev–Trinajstić information content (AvgIpc) is 2.98. The molecule has 1 unspecified atom stereocenters. The van der Waals surface area contributed by atoms with Crippen LogP contribution in [0.15, 0.2) is 131 Å². The molecule has 0 aliphatic carbocycles. The Bertz CT molecular complexity index is 1820. The first-order valence-corrected chi connectivity index (χ1v) is 12.6. The molecule has 0 saturated heterocycles. The van der Waals surface area contributed by atoms with Crippen LogP contribution in [0.3, 0.4) is 0 Å². The Morgan fingerprint density at radius 1 is 0.541 bits per heavy atom. The van der Waals surface area contributed by atoms with Crippen molar-refractivity contribution < 1.29 is 0 Å². The minimum atomic E-state index is -0.159. The van der Waals surface area contributed by atoms with E-state index in [-0.39, 0.29) is 6.17 Å². The van der Waals surface area contributed by atoms with E-state index < -0.39 is 0 Å². The fraction of sp³-hybridized carbons (Fsp3) is 0.0588. The predicted octanol–water partition coefficient (Wildman–Crippen LogP) is 8.23. The number of benzene rings is 6. The van der Waals surface area contributed by atoms with Crippen LogP contribution >= 0.6 is 0 Å². The van der Waals surface area contributed by atoms with Crippen LogP contribution < -0.4 is 0 Å². The molecule has 37 heavy (non-hydrogen) atoms. The highest BCUT2D eigenvalue weighted by Crippen LogP contribution is 2.39. The fourth-order valence-corrected chi connectivity index (χ4v) is 5.53. The molecule has 7 rings (SSSR count). The minimum Gasteiger partial charge on any atom is -0.340 e. The second kappa shape index (κ2) is 8.72. The van der Waals surface area contributed by atoms with Crippen LogP contribution in [0.5, 0.6) is 0 Å². The molecule has 176 valence electrons. The van der Waals surface area contributed by atoms with Gasteiger partial charge in [-0.15, -0.1) is 0 Å². The van der Waals surface area contributed by atoms with Gasteiger partial charge in [-0.1, -0.05) is 115 Å². The summed E-state index contributed by atoms with van der Waals surface area (Å²) in [6.45, 7) is 0. The maximum Gasteiger partial charge on any atom is 0.158 e. The highest BCUT2D eigenvalue weighted by Gasteiger charge is 2.23. The van der Waals surface area contributed by atoms with Crippen LogP contribution in [0.2, 0.25) is 0 Å². The lowest BCUT2D eigenvalue weighted by Gasteiger charge is -2.28. The Morgan fingerprint density at radius 2 is 1.11 bits per heavy atom. The average molecular weight is 476 g/mol. The number of amidine groups is 1. The first-order chi connectivity index (χ1) is 18.3. The van der Waals surface area contributed by atoms with Crippen LogP contribution in [-0.2, 0) is 0 Å². The Balaban J connectivity index is 1.42. The molecule has 1 aliphatic rings. The van der Waals surface area contributed by atoms with Crippen molar-refractivity contribution >= 4 is 44.5 Å². The summed E-state index contributed by atoms with van der Waals surface area (Å²) in [6.07, 6.45) is 1.73. The molecule has 0 N–H and O–H groups in total. The summed E-state index contributed by atoms with van der Waals surface area (Å²) >= 11 is 0. The molecule has 3 nitrogen and oxygen atoms in total. The molecular formula is C34H25N3. The molecule has 0 aromatic heterocycles. The number of hydrogen-bond acceptors (Lipinski definition) is 3. The number of rotatable bonds is 3. The zero-order valence-corrected chi connectivity index (χ0v) is 20.5. The van der Waals surface area contributed by atoms with Crippen LogP contribution in [0.4, 0.5) is 0 Å². The van der Waals surface area contributed by atoms with Crippen molar-refractivity contribution in [2.75, 3.05) is 7.05 Å². The van der Waals surface area contributed by atoms with Crippen LogP contribution in [-0.4, -0.2) is 24.1 Å². The van der Waals surface area contributed by atoms with Gasteiger partial charge in [-0.2, -0.15) is 0 Å². The van der Waals surface area contributed by atoms with Gasteiger partial charge in [-0.25, -0.2) is 9.98 Å². The zero-order valence-electron chi connectivity index (χ0n) is 20.5. The largest absolute Gasteiger partial charge is 0.340 e. The lowest BCUT2D eigenvalue weighted by molar-refractivity contribution is 0.394. The molecule has 0 spiro atoms. The third-order valence-corrected chi connectivity index (χ3v) is 7.32. The molecule has 0 radical (unpaired) electrons. The van der Waals surface area contributed by atoms with Crippen molar-refractivity contribution in [2.24, 2.45) is 9.98 Å². The number of hydrogen-bond donors (Lipinski definition) is 0.